The highest BCUT2D eigenvalue weighted by Gasteiger charge is 2.18. The first-order valence-electron chi connectivity index (χ1n) is 7.39. The molecule has 1 amide bonds. The molecule has 2 aromatic heterocycles. The van der Waals surface area contributed by atoms with Crippen LogP contribution >= 0.6 is 27.3 Å². The number of thiazole rings is 1. The maximum Gasteiger partial charge on any atom is 0.387 e. The van der Waals surface area contributed by atoms with Crippen molar-refractivity contribution in [3.8, 4) is 17.0 Å². The van der Waals surface area contributed by atoms with E-state index in [1.807, 2.05) is 6.92 Å². The van der Waals surface area contributed by atoms with Crippen molar-refractivity contribution in [2.75, 3.05) is 5.32 Å². The van der Waals surface area contributed by atoms with Gasteiger partial charge in [-0.1, -0.05) is 0 Å². The van der Waals surface area contributed by atoms with E-state index in [1.54, 1.807) is 19.1 Å². The summed E-state index contributed by atoms with van der Waals surface area (Å²) in [5.41, 5.74) is 2.38. The number of H-pyrrole nitrogens is 1. The Morgan fingerprint density at radius 2 is 2.00 bits per heavy atom. The Labute approximate surface area is 159 Å². The molecule has 0 fully saturated rings. The third-order valence-electron chi connectivity index (χ3n) is 3.46. The molecule has 1 aromatic carbocycles. The maximum absolute atomic E-state index is 12.3. The third-order valence-corrected chi connectivity index (χ3v) is 5.31. The summed E-state index contributed by atoms with van der Waals surface area (Å²) in [7, 11) is 0. The number of carbonyl (C=O) groups excluding carboxylic acids is 1. The Hall–Kier alpha value is -2.33. The Balaban J connectivity index is 1.78. The smallest absolute Gasteiger partial charge is 0.387 e. The minimum atomic E-state index is -2.87. The summed E-state index contributed by atoms with van der Waals surface area (Å²) >= 11 is 4.62. The number of anilines is 1. The van der Waals surface area contributed by atoms with Crippen molar-refractivity contribution in [3.05, 3.63) is 45.0 Å². The van der Waals surface area contributed by atoms with Gasteiger partial charge in [0.2, 0.25) is 0 Å². The summed E-state index contributed by atoms with van der Waals surface area (Å²) in [6.45, 7) is 0.788. The minimum Gasteiger partial charge on any atom is -0.435 e. The fourth-order valence-electron chi connectivity index (χ4n) is 2.23. The fourth-order valence-corrected chi connectivity index (χ4v) is 3.42. The van der Waals surface area contributed by atoms with Gasteiger partial charge < -0.3 is 4.74 Å². The van der Waals surface area contributed by atoms with E-state index in [-0.39, 0.29) is 17.4 Å². The molecule has 0 aliphatic rings. The molecule has 0 radical (unpaired) electrons. The number of ether oxygens (including phenoxy) is 1. The number of rotatable bonds is 5. The van der Waals surface area contributed by atoms with Gasteiger partial charge in [0.25, 0.3) is 5.91 Å². The number of nitrogens with one attached hydrogen (secondary N) is 2. The van der Waals surface area contributed by atoms with Crippen molar-refractivity contribution in [2.45, 2.75) is 20.5 Å². The van der Waals surface area contributed by atoms with Crippen molar-refractivity contribution in [1.82, 2.24) is 15.2 Å². The second kappa shape index (κ2) is 7.50. The standard InChI is InChI=1S/C16H13BrF2N4O2S/c1-7-11(17)13(23-22-7)14(24)21-16-20-12(8(2)26-16)9-3-5-10(6-4-9)25-15(18)19/h3-6,15H,1-2H3,(H,22,23)(H,20,21,24). The van der Waals surface area contributed by atoms with Gasteiger partial charge in [0.15, 0.2) is 10.8 Å². The number of amides is 1. The number of hydrogen-bond acceptors (Lipinski definition) is 5. The average Bonchev–Trinajstić information content (AvgIpc) is 3.10. The molecule has 10 heteroatoms. The van der Waals surface area contributed by atoms with Crippen LogP contribution in [0.4, 0.5) is 13.9 Å². The van der Waals surface area contributed by atoms with Crippen molar-refractivity contribution in [1.29, 1.82) is 0 Å². The molecule has 0 spiro atoms. The highest BCUT2D eigenvalue weighted by Crippen LogP contribution is 2.32. The fraction of sp³-hybridized carbons (Fsp3) is 0.188. The molecular formula is C16H13BrF2N4O2S. The lowest BCUT2D eigenvalue weighted by atomic mass is 10.1. The molecule has 6 nitrogen and oxygen atoms in total. The number of nitrogens with zero attached hydrogens (tertiary/aromatic N) is 2. The topological polar surface area (TPSA) is 79.9 Å². The van der Waals surface area contributed by atoms with Gasteiger partial charge >= 0.3 is 6.61 Å². The zero-order valence-corrected chi connectivity index (χ0v) is 16.0. The van der Waals surface area contributed by atoms with E-state index in [0.717, 1.165) is 16.1 Å². The molecule has 0 saturated carbocycles. The van der Waals surface area contributed by atoms with Crippen LogP contribution in [-0.2, 0) is 0 Å². The van der Waals surface area contributed by atoms with E-state index in [1.165, 1.54) is 23.5 Å². The van der Waals surface area contributed by atoms with Crippen LogP contribution in [0, 0.1) is 13.8 Å². The number of aromatic nitrogens is 3. The van der Waals surface area contributed by atoms with Crippen molar-refractivity contribution in [2.24, 2.45) is 0 Å². The van der Waals surface area contributed by atoms with Crippen LogP contribution in [0.2, 0.25) is 0 Å². The zero-order valence-electron chi connectivity index (χ0n) is 13.6. The molecule has 3 rings (SSSR count). The lowest BCUT2D eigenvalue weighted by molar-refractivity contribution is -0.0498. The first-order chi connectivity index (χ1) is 12.3. The van der Waals surface area contributed by atoms with Crippen molar-refractivity contribution < 1.29 is 18.3 Å². The highest BCUT2D eigenvalue weighted by atomic mass is 79.9. The summed E-state index contributed by atoms with van der Waals surface area (Å²) in [4.78, 5) is 17.6. The predicted octanol–water partition coefficient (Wildman–Crippen LogP) is 4.77. The van der Waals surface area contributed by atoms with Gasteiger partial charge in [-0.15, -0.1) is 11.3 Å². The van der Waals surface area contributed by atoms with Gasteiger partial charge in [-0.3, -0.25) is 15.2 Å². The van der Waals surface area contributed by atoms with Crippen LogP contribution in [0.3, 0.4) is 0 Å². The molecule has 0 saturated heterocycles. The van der Waals surface area contributed by atoms with E-state index >= 15 is 0 Å². The van der Waals surface area contributed by atoms with E-state index in [0.29, 0.717) is 15.3 Å². The number of benzene rings is 1. The van der Waals surface area contributed by atoms with Gasteiger partial charge in [-0.2, -0.15) is 13.9 Å². The van der Waals surface area contributed by atoms with E-state index in [9.17, 15) is 13.6 Å². The normalized spacial score (nSPS) is 11.0. The summed E-state index contributed by atoms with van der Waals surface area (Å²) in [5, 5.41) is 9.81. The second-order valence-corrected chi connectivity index (χ2v) is 7.29. The quantitative estimate of drug-likeness (QED) is 0.596. The summed E-state index contributed by atoms with van der Waals surface area (Å²) < 4.78 is 29.4. The Bertz CT molecular complexity index is 940. The van der Waals surface area contributed by atoms with E-state index in [2.05, 4.69) is 41.2 Å². The largest absolute Gasteiger partial charge is 0.435 e. The Morgan fingerprint density at radius 1 is 1.31 bits per heavy atom. The number of aromatic amines is 1. The molecule has 3 aromatic rings. The van der Waals surface area contributed by atoms with Crippen LogP contribution < -0.4 is 10.1 Å². The molecule has 0 bridgehead atoms. The maximum atomic E-state index is 12.3. The number of aryl methyl sites for hydroxylation is 2. The van der Waals surface area contributed by atoms with Gasteiger partial charge in [-0.05, 0) is 54.0 Å². The number of hydrogen-bond donors (Lipinski definition) is 2. The molecular weight excluding hydrogens is 430 g/mol. The van der Waals surface area contributed by atoms with Crippen LogP contribution in [0.25, 0.3) is 11.3 Å². The van der Waals surface area contributed by atoms with Crippen LogP contribution in [0.1, 0.15) is 21.1 Å². The van der Waals surface area contributed by atoms with Crippen LogP contribution in [0.5, 0.6) is 5.75 Å². The van der Waals surface area contributed by atoms with E-state index in [4.69, 9.17) is 0 Å². The molecule has 26 heavy (non-hydrogen) atoms. The number of halogens is 3. The Kier molecular flexibility index (Phi) is 5.33. The molecule has 2 N–H and O–H groups in total. The lowest BCUT2D eigenvalue weighted by Crippen LogP contribution is -2.12. The molecule has 2 heterocycles. The molecule has 0 aliphatic carbocycles. The summed E-state index contributed by atoms with van der Waals surface area (Å²) in [6, 6.07) is 6.17. The van der Waals surface area contributed by atoms with Gasteiger partial charge in [0.05, 0.1) is 10.2 Å². The molecule has 0 aliphatic heterocycles. The highest BCUT2D eigenvalue weighted by molar-refractivity contribution is 9.10. The number of carbonyl (C=O) groups is 1. The van der Waals surface area contributed by atoms with Gasteiger partial charge in [0.1, 0.15) is 5.75 Å². The van der Waals surface area contributed by atoms with Crippen molar-refractivity contribution in [3.63, 3.8) is 0 Å². The third kappa shape index (κ3) is 3.91. The zero-order chi connectivity index (χ0) is 18.8. The summed E-state index contributed by atoms with van der Waals surface area (Å²) in [6.07, 6.45) is 0. The summed E-state index contributed by atoms with van der Waals surface area (Å²) in [5.74, 6) is -0.314. The SMILES string of the molecule is Cc1[nH]nc(C(=O)Nc2nc(-c3ccc(OC(F)F)cc3)c(C)s2)c1Br. The van der Waals surface area contributed by atoms with Gasteiger partial charge in [0, 0.05) is 16.1 Å². The monoisotopic (exact) mass is 442 g/mol. The molecule has 0 unspecified atom stereocenters. The molecule has 136 valence electrons. The lowest BCUT2D eigenvalue weighted by Gasteiger charge is -2.05. The van der Waals surface area contributed by atoms with E-state index < -0.39 is 6.61 Å². The number of alkyl halides is 2. The van der Waals surface area contributed by atoms with Crippen LogP contribution in [-0.4, -0.2) is 27.7 Å². The van der Waals surface area contributed by atoms with Crippen LogP contribution in [0.15, 0.2) is 28.7 Å². The van der Waals surface area contributed by atoms with Crippen molar-refractivity contribution >= 4 is 38.3 Å². The average molecular weight is 443 g/mol. The molecule has 0 atom stereocenters. The second-order valence-electron chi connectivity index (χ2n) is 5.29. The Morgan fingerprint density at radius 3 is 2.58 bits per heavy atom. The first-order valence-corrected chi connectivity index (χ1v) is 9.00. The minimum absolute atomic E-state index is 0.0731. The van der Waals surface area contributed by atoms with Gasteiger partial charge in [-0.25, -0.2) is 4.98 Å². The first kappa shape index (κ1) is 18.5. The predicted molar refractivity (Wildman–Crippen MR) is 97.9 cm³/mol.